The number of para-hydroxylation sites is 2. The first-order chi connectivity index (χ1) is 20.8. The van der Waals surface area contributed by atoms with Gasteiger partial charge in [0.15, 0.2) is 0 Å². The van der Waals surface area contributed by atoms with Gasteiger partial charge in [0.2, 0.25) is 0 Å². The van der Waals surface area contributed by atoms with Gasteiger partial charge in [-0.2, -0.15) is 0 Å². The van der Waals surface area contributed by atoms with Crippen molar-refractivity contribution in [2.45, 2.75) is 0 Å². The molecule has 0 amide bonds. The molecule has 0 unspecified atom stereocenters. The molecule has 0 atom stereocenters. The molecule has 0 aliphatic rings. The molecular formula is C40H22O2. The highest BCUT2D eigenvalue weighted by molar-refractivity contribution is 6.25. The van der Waals surface area contributed by atoms with E-state index in [1.54, 1.807) is 0 Å². The molecule has 0 aliphatic heterocycles. The van der Waals surface area contributed by atoms with E-state index in [0.717, 1.165) is 55.0 Å². The Morgan fingerprint density at radius 3 is 1.76 bits per heavy atom. The second-order valence-corrected chi connectivity index (χ2v) is 11.3. The third-order valence-corrected chi connectivity index (χ3v) is 9.02. The van der Waals surface area contributed by atoms with Crippen LogP contribution >= 0.6 is 0 Å². The van der Waals surface area contributed by atoms with Crippen LogP contribution in [0.3, 0.4) is 0 Å². The monoisotopic (exact) mass is 534 g/mol. The van der Waals surface area contributed by atoms with Crippen molar-refractivity contribution in [3.8, 4) is 22.3 Å². The van der Waals surface area contributed by atoms with Gasteiger partial charge in [-0.15, -0.1) is 0 Å². The first-order valence-corrected chi connectivity index (χ1v) is 14.3. The van der Waals surface area contributed by atoms with E-state index in [1.807, 2.05) is 12.1 Å². The van der Waals surface area contributed by atoms with Gasteiger partial charge >= 0.3 is 0 Å². The molecule has 0 saturated carbocycles. The summed E-state index contributed by atoms with van der Waals surface area (Å²) in [5.74, 6) is 0. The third kappa shape index (κ3) is 2.93. The van der Waals surface area contributed by atoms with E-state index < -0.39 is 0 Å². The van der Waals surface area contributed by atoms with Gasteiger partial charge in [-0.25, -0.2) is 0 Å². The van der Waals surface area contributed by atoms with Crippen LogP contribution in [-0.2, 0) is 0 Å². The second-order valence-electron chi connectivity index (χ2n) is 11.3. The zero-order chi connectivity index (χ0) is 27.4. The quantitative estimate of drug-likeness (QED) is 0.206. The number of benzene rings is 8. The summed E-state index contributed by atoms with van der Waals surface area (Å²) in [5.41, 5.74) is 8.23. The van der Waals surface area contributed by atoms with Gasteiger partial charge < -0.3 is 8.83 Å². The smallest absolute Gasteiger partial charge is 0.143 e. The highest BCUT2D eigenvalue weighted by Crippen LogP contribution is 2.42. The zero-order valence-corrected chi connectivity index (χ0v) is 22.5. The summed E-state index contributed by atoms with van der Waals surface area (Å²) < 4.78 is 12.7. The lowest BCUT2D eigenvalue weighted by atomic mass is 9.89. The number of hydrogen-bond donors (Lipinski definition) is 0. The third-order valence-electron chi connectivity index (χ3n) is 9.02. The predicted molar refractivity (Wildman–Crippen MR) is 176 cm³/mol. The molecule has 2 aromatic heterocycles. The van der Waals surface area contributed by atoms with Crippen molar-refractivity contribution in [1.82, 2.24) is 0 Å². The Balaban J connectivity index is 1.20. The first-order valence-electron chi connectivity index (χ1n) is 14.3. The highest BCUT2D eigenvalue weighted by atomic mass is 16.3. The average molecular weight is 535 g/mol. The Labute approximate surface area is 240 Å². The van der Waals surface area contributed by atoms with Crippen LogP contribution in [0.4, 0.5) is 0 Å². The fraction of sp³-hybridized carbons (Fsp3) is 0. The molecule has 0 aliphatic carbocycles. The highest BCUT2D eigenvalue weighted by Gasteiger charge is 2.16. The van der Waals surface area contributed by atoms with E-state index in [4.69, 9.17) is 8.83 Å². The first kappa shape index (κ1) is 22.1. The number of rotatable bonds is 2. The van der Waals surface area contributed by atoms with Crippen LogP contribution < -0.4 is 0 Å². The van der Waals surface area contributed by atoms with Gasteiger partial charge in [0, 0.05) is 27.1 Å². The van der Waals surface area contributed by atoms with Gasteiger partial charge in [0.25, 0.3) is 0 Å². The van der Waals surface area contributed by atoms with E-state index in [9.17, 15) is 0 Å². The van der Waals surface area contributed by atoms with Gasteiger partial charge in [-0.3, -0.25) is 0 Å². The van der Waals surface area contributed by atoms with Crippen LogP contribution in [-0.4, -0.2) is 0 Å². The van der Waals surface area contributed by atoms with E-state index >= 15 is 0 Å². The maximum absolute atomic E-state index is 6.36. The minimum atomic E-state index is 0.887. The van der Waals surface area contributed by atoms with Crippen LogP contribution in [0.2, 0.25) is 0 Å². The Morgan fingerprint density at radius 2 is 0.952 bits per heavy atom. The van der Waals surface area contributed by atoms with Crippen molar-refractivity contribution >= 4 is 76.2 Å². The van der Waals surface area contributed by atoms with E-state index in [-0.39, 0.29) is 0 Å². The molecule has 2 nitrogen and oxygen atoms in total. The maximum Gasteiger partial charge on any atom is 0.143 e. The topological polar surface area (TPSA) is 26.3 Å². The van der Waals surface area contributed by atoms with Crippen LogP contribution in [0.5, 0.6) is 0 Å². The average Bonchev–Trinajstić information content (AvgIpc) is 3.61. The molecule has 10 rings (SSSR count). The number of fused-ring (bicyclic) bond motifs is 6. The van der Waals surface area contributed by atoms with E-state index in [0.29, 0.717) is 0 Å². The Morgan fingerprint density at radius 1 is 0.333 bits per heavy atom. The van der Waals surface area contributed by atoms with E-state index in [2.05, 4.69) is 121 Å². The zero-order valence-electron chi connectivity index (χ0n) is 22.5. The van der Waals surface area contributed by atoms with Gasteiger partial charge in [-0.05, 0) is 79.3 Å². The summed E-state index contributed by atoms with van der Waals surface area (Å²) in [6, 6.07) is 47.8. The molecule has 0 spiro atoms. The van der Waals surface area contributed by atoms with Crippen molar-refractivity contribution in [2.24, 2.45) is 0 Å². The molecule has 0 fully saturated rings. The fourth-order valence-electron chi connectivity index (χ4n) is 7.07. The molecule has 2 heterocycles. The van der Waals surface area contributed by atoms with Crippen LogP contribution in [0.25, 0.3) is 98.4 Å². The lowest BCUT2D eigenvalue weighted by Gasteiger charge is -2.14. The summed E-state index contributed by atoms with van der Waals surface area (Å²) in [7, 11) is 0. The van der Waals surface area contributed by atoms with Crippen LogP contribution in [0.15, 0.2) is 142 Å². The maximum atomic E-state index is 6.36. The fourth-order valence-corrected chi connectivity index (χ4v) is 7.07. The lowest BCUT2D eigenvalue weighted by molar-refractivity contribution is 0.668. The van der Waals surface area contributed by atoms with Crippen molar-refractivity contribution < 1.29 is 8.83 Å². The molecule has 0 radical (unpaired) electrons. The van der Waals surface area contributed by atoms with E-state index in [1.165, 1.54) is 43.4 Å². The van der Waals surface area contributed by atoms with Crippen molar-refractivity contribution in [3.05, 3.63) is 133 Å². The molecule has 42 heavy (non-hydrogen) atoms. The minimum Gasteiger partial charge on any atom is -0.456 e. The van der Waals surface area contributed by atoms with Gasteiger partial charge in [0.05, 0.1) is 0 Å². The molecule has 2 heteroatoms. The second kappa shape index (κ2) is 7.99. The molecule has 10 aromatic rings. The molecule has 0 N–H and O–H groups in total. The summed E-state index contributed by atoms with van der Waals surface area (Å²) in [5, 5.41) is 12.3. The van der Waals surface area contributed by atoms with Crippen LogP contribution in [0, 0.1) is 0 Å². The largest absolute Gasteiger partial charge is 0.456 e. The Bertz CT molecular complexity index is 2670. The lowest BCUT2D eigenvalue weighted by Crippen LogP contribution is -1.87. The van der Waals surface area contributed by atoms with Gasteiger partial charge in [0.1, 0.15) is 22.3 Å². The molecule has 194 valence electrons. The van der Waals surface area contributed by atoms with Crippen molar-refractivity contribution in [1.29, 1.82) is 0 Å². The predicted octanol–water partition coefficient (Wildman–Crippen LogP) is 11.7. The molecule has 0 bridgehead atoms. The normalized spacial score (nSPS) is 12.3. The Hall–Kier alpha value is -5.60. The van der Waals surface area contributed by atoms with Gasteiger partial charge in [-0.1, -0.05) is 103 Å². The standard InChI is InChI=1S/C40H22O2/c1-2-10-35-30(7-1)32-9-4-8-29(40(32)42-35)27-16-20-37-34(22-27)33-21-26(15-19-36(33)41-37)28-17-13-25-12-11-23-5-3-6-24-14-18-31(28)39(25)38(23)24/h1-22H. The molecular weight excluding hydrogens is 512 g/mol. The summed E-state index contributed by atoms with van der Waals surface area (Å²) >= 11 is 0. The number of furan rings is 2. The molecule has 0 saturated heterocycles. The van der Waals surface area contributed by atoms with Crippen molar-refractivity contribution in [3.63, 3.8) is 0 Å². The summed E-state index contributed by atoms with van der Waals surface area (Å²) in [6.45, 7) is 0. The molecule has 8 aromatic carbocycles. The summed E-state index contributed by atoms with van der Waals surface area (Å²) in [6.07, 6.45) is 0. The number of hydrogen-bond acceptors (Lipinski definition) is 2. The minimum absolute atomic E-state index is 0.887. The SMILES string of the molecule is c1cc2ccc3ccc(-c4ccc5oc6ccc(-c7cccc8c7oc7ccccc78)cc6c5c4)c4ccc(c1)c2c34. The Kier molecular flexibility index (Phi) is 4.21. The van der Waals surface area contributed by atoms with Crippen LogP contribution in [0.1, 0.15) is 0 Å². The summed E-state index contributed by atoms with van der Waals surface area (Å²) in [4.78, 5) is 0. The van der Waals surface area contributed by atoms with Crippen molar-refractivity contribution in [2.75, 3.05) is 0 Å².